The molecule has 0 spiro atoms. The molecule has 0 saturated heterocycles. The first kappa shape index (κ1) is 6.65. The molecule has 2 heterocycles. The van der Waals surface area contributed by atoms with Crippen LogP contribution in [0.2, 0.25) is 0 Å². The third kappa shape index (κ3) is 1.20. The molecule has 1 aromatic rings. The van der Waals surface area contributed by atoms with E-state index >= 15 is 0 Å². The van der Waals surface area contributed by atoms with Crippen LogP contribution in [0.3, 0.4) is 0 Å². The van der Waals surface area contributed by atoms with Gasteiger partial charge in [0.15, 0.2) is 0 Å². The lowest BCUT2D eigenvalue weighted by molar-refractivity contribution is 1.28. The second-order valence-electron chi connectivity index (χ2n) is 2.19. The zero-order chi connectivity index (χ0) is 7.68. The fourth-order valence-electron chi connectivity index (χ4n) is 0.927. The minimum Gasteiger partial charge on any atom is -0.339 e. The van der Waals surface area contributed by atoms with Gasteiger partial charge in [-0.3, -0.25) is 0 Å². The van der Waals surface area contributed by atoms with Crippen LogP contribution < -0.4 is 5.32 Å². The Balaban J connectivity index is 2.62. The van der Waals surface area contributed by atoms with Crippen molar-refractivity contribution in [3.63, 3.8) is 0 Å². The first-order valence-electron chi connectivity index (χ1n) is 3.19. The number of hydrogen-bond donors (Lipinski definition) is 1. The van der Waals surface area contributed by atoms with Gasteiger partial charge < -0.3 is 5.32 Å². The van der Waals surface area contributed by atoms with Crippen LogP contribution in [0.1, 0.15) is 5.56 Å². The van der Waals surface area contributed by atoms with Gasteiger partial charge in [-0.05, 0) is 28.1 Å². The lowest BCUT2D eigenvalue weighted by Crippen LogP contribution is -1.96. The van der Waals surface area contributed by atoms with Crippen molar-refractivity contribution in [1.29, 1.82) is 0 Å². The van der Waals surface area contributed by atoms with Crippen molar-refractivity contribution in [1.82, 2.24) is 4.98 Å². The van der Waals surface area contributed by atoms with Gasteiger partial charge in [0.1, 0.15) is 5.82 Å². The predicted octanol–water partition coefficient (Wildman–Crippen LogP) is 2.40. The van der Waals surface area contributed by atoms with E-state index in [0.717, 1.165) is 15.9 Å². The average Bonchev–Trinajstić information content (AvgIpc) is 2.04. The fraction of sp³-hybridized carbons (Fsp3) is 0. The van der Waals surface area contributed by atoms with Gasteiger partial charge in [-0.15, -0.1) is 5.73 Å². The van der Waals surface area contributed by atoms with Crippen LogP contribution in [0.15, 0.2) is 28.7 Å². The smallest absolute Gasteiger partial charge is 0.138 e. The van der Waals surface area contributed by atoms with E-state index in [1.54, 1.807) is 12.4 Å². The summed E-state index contributed by atoms with van der Waals surface area (Å²) in [6, 6.07) is 2.00. The van der Waals surface area contributed by atoms with E-state index in [1.165, 1.54) is 0 Å². The molecule has 0 unspecified atom stereocenters. The molecule has 54 valence electrons. The van der Waals surface area contributed by atoms with Crippen molar-refractivity contribution in [2.45, 2.75) is 0 Å². The highest BCUT2D eigenvalue weighted by Crippen LogP contribution is 2.20. The van der Waals surface area contributed by atoms with Crippen LogP contribution in [0.5, 0.6) is 0 Å². The standard InChI is InChI=1S/C8H5BrN2/c9-7-4-6-2-1-3-10-8(6)11-5-7/h2-5H,(H,10,11). The molecule has 1 N–H and O–H groups in total. The SMILES string of the molecule is Brc1cnc2c(c1)C=C=CN2. The van der Waals surface area contributed by atoms with Crippen LogP contribution in [0.25, 0.3) is 6.08 Å². The summed E-state index contributed by atoms with van der Waals surface area (Å²) in [5.41, 5.74) is 4.00. The lowest BCUT2D eigenvalue weighted by atomic mass is 10.2. The molecule has 1 aliphatic rings. The van der Waals surface area contributed by atoms with Crippen molar-refractivity contribution < 1.29 is 0 Å². The van der Waals surface area contributed by atoms with Gasteiger partial charge in [-0.1, -0.05) is 0 Å². The maximum Gasteiger partial charge on any atom is 0.138 e. The summed E-state index contributed by atoms with van der Waals surface area (Å²) < 4.78 is 0.984. The quantitative estimate of drug-likeness (QED) is 0.663. The highest BCUT2D eigenvalue weighted by atomic mass is 79.9. The number of halogens is 1. The molecule has 11 heavy (non-hydrogen) atoms. The molecule has 0 radical (unpaired) electrons. The third-order valence-electron chi connectivity index (χ3n) is 1.41. The van der Waals surface area contributed by atoms with E-state index in [0.29, 0.717) is 0 Å². The number of nitrogens with one attached hydrogen (secondary N) is 1. The number of nitrogens with zero attached hydrogens (tertiary/aromatic N) is 1. The number of rotatable bonds is 0. The second kappa shape index (κ2) is 2.53. The maximum atomic E-state index is 4.16. The lowest BCUT2D eigenvalue weighted by Gasteiger charge is -2.05. The molecule has 0 aliphatic carbocycles. The van der Waals surface area contributed by atoms with Crippen LogP contribution in [0, 0.1) is 0 Å². The summed E-state index contributed by atoms with van der Waals surface area (Å²) in [5.74, 6) is 0.881. The Morgan fingerprint density at radius 1 is 1.55 bits per heavy atom. The Hall–Kier alpha value is -1.05. The minimum atomic E-state index is 0.881. The average molecular weight is 209 g/mol. The largest absolute Gasteiger partial charge is 0.339 e. The predicted molar refractivity (Wildman–Crippen MR) is 48.1 cm³/mol. The van der Waals surface area contributed by atoms with E-state index in [1.807, 2.05) is 12.1 Å². The van der Waals surface area contributed by atoms with Gasteiger partial charge in [0, 0.05) is 22.4 Å². The molecule has 1 aromatic heterocycles. The normalized spacial score (nSPS) is 12.5. The molecular weight excluding hydrogens is 204 g/mol. The molecule has 0 amide bonds. The molecule has 2 rings (SSSR count). The number of aromatic nitrogens is 1. The van der Waals surface area contributed by atoms with Gasteiger partial charge >= 0.3 is 0 Å². The van der Waals surface area contributed by atoms with Gasteiger partial charge in [0.25, 0.3) is 0 Å². The van der Waals surface area contributed by atoms with Gasteiger partial charge in [0.05, 0.1) is 0 Å². The summed E-state index contributed by atoms with van der Waals surface area (Å²) in [7, 11) is 0. The topological polar surface area (TPSA) is 24.9 Å². The van der Waals surface area contributed by atoms with E-state index in [-0.39, 0.29) is 0 Å². The van der Waals surface area contributed by atoms with E-state index < -0.39 is 0 Å². The monoisotopic (exact) mass is 208 g/mol. The molecule has 1 aliphatic heterocycles. The molecule has 2 nitrogen and oxygen atoms in total. The van der Waals surface area contributed by atoms with Crippen LogP contribution in [-0.4, -0.2) is 4.98 Å². The number of anilines is 1. The molecule has 0 saturated carbocycles. The van der Waals surface area contributed by atoms with E-state index in [9.17, 15) is 0 Å². The highest BCUT2D eigenvalue weighted by Gasteiger charge is 2.01. The third-order valence-corrected chi connectivity index (χ3v) is 1.85. The Bertz CT molecular complexity index is 351. The number of pyridine rings is 1. The Morgan fingerprint density at radius 3 is 3.36 bits per heavy atom. The molecule has 0 aromatic carbocycles. The summed E-state index contributed by atoms with van der Waals surface area (Å²) in [6.45, 7) is 0. The van der Waals surface area contributed by atoms with Crippen molar-refractivity contribution in [2.24, 2.45) is 0 Å². The first-order valence-corrected chi connectivity index (χ1v) is 3.98. The molecule has 0 fully saturated rings. The van der Waals surface area contributed by atoms with Crippen molar-refractivity contribution in [3.05, 3.63) is 34.2 Å². The first-order chi connectivity index (χ1) is 5.36. The van der Waals surface area contributed by atoms with Crippen molar-refractivity contribution in [2.75, 3.05) is 5.32 Å². The van der Waals surface area contributed by atoms with E-state index in [2.05, 4.69) is 32.0 Å². The van der Waals surface area contributed by atoms with Gasteiger partial charge in [0.2, 0.25) is 0 Å². The number of fused-ring (bicyclic) bond motifs is 1. The zero-order valence-corrected chi connectivity index (χ0v) is 7.22. The Morgan fingerprint density at radius 2 is 2.45 bits per heavy atom. The Kier molecular flexibility index (Phi) is 1.53. The molecule has 0 bridgehead atoms. The molecule has 0 atom stereocenters. The fourth-order valence-corrected chi connectivity index (χ4v) is 1.28. The van der Waals surface area contributed by atoms with Crippen molar-refractivity contribution in [3.8, 4) is 0 Å². The van der Waals surface area contributed by atoms with Gasteiger partial charge in [-0.25, -0.2) is 4.98 Å². The molecule has 3 heteroatoms. The Labute approximate surface area is 72.8 Å². The summed E-state index contributed by atoms with van der Waals surface area (Å²) >= 11 is 3.34. The van der Waals surface area contributed by atoms with Crippen LogP contribution in [-0.2, 0) is 0 Å². The number of hydrogen-bond acceptors (Lipinski definition) is 2. The van der Waals surface area contributed by atoms with E-state index in [4.69, 9.17) is 0 Å². The van der Waals surface area contributed by atoms with Crippen molar-refractivity contribution >= 4 is 27.8 Å². The zero-order valence-electron chi connectivity index (χ0n) is 5.63. The van der Waals surface area contributed by atoms with Crippen LogP contribution in [0.4, 0.5) is 5.82 Å². The summed E-state index contributed by atoms with van der Waals surface area (Å²) in [6.07, 6.45) is 5.39. The minimum absolute atomic E-state index is 0.881. The highest BCUT2D eigenvalue weighted by molar-refractivity contribution is 9.10. The summed E-state index contributed by atoms with van der Waals surface area (Å²) in [4.78, 5) is 4.16. The maximum absolute atomic E-state index is 4.16. The summed E-state index contributed by atoms with van der Waals surface area (Å²) in [5, 5.41) is 2.99. The second-order valence-corrected chi connectivity index (χ2v) is 3.11. The molecular formula is C8H5BrN2. The van der Waals surface area contributed by atoms with Gasteiger partial charge in [-0.2, -0.15) is 0 Å². The van der Waals surface area contributed by atoms with Crippen LogP contribution >= 0.6 is 15.9 Å².